The molecule has 1 amide bonds. The fourth-order valence-electron chi connectivity index (χ4n) is 11.7. The van der Waals surface area contributed by atoms with E-state index in [4.69, 9.17) is 18.9 Å². The topological polar surface area (TPSA) is 228 Å². The van der Waals surface area contributed by atoms with E-state index in [-0.39, 0.29) is 18.9 Å². The van der Waals surface area contributed by atoms with E-state index in [2.05, 4.69) is 153 Å². The van der Waals surface area contributed by atoms with Gasteiger partial charge in [-0.15, -0.1) is 0 Å². The van der Waals surface area contributed by atoms with Crippen LogP contribution in [0.15, 0.2) is 146 Å². The second-order valence-corrected chi connectivity index (χ2v) is 26.4. The summed E-state index contributed by atoms with van der Waals surface area (Å²) < 4.78 is 22.9. The Bertz CT molecular complexity index is 2190. The van der Waals surface area contributed by atoms with Crippen LogP contribution in [0.1, 0.15) is 277 Å². The number of carbonyl (C=O) groups excluding carboxylic acids is 1. The van der Waals surface area contributed by atoms with Gasteiger partial charge in [-0.05, 0) is 109 Å². The molecule has 2 rings (SSSR count). The summed E-state index contributed by atoms with van der Waals surface area (Å²) in [5, 5.41) is 87.6. The molecule has 2 aliphatic heterocycles. The molecule has 12 atom stereocenters. The normalized spacial score (nSPS) is 23.0. The summed E-state index contributed by atoms with van der Waals surface area (Å²) in [4.78, 5) is 13.4. The molecule has 9 N–H and O–H groups in total. The van der Waals surface area contributed by atoms with E-state index < -0.39 is 86.8 Å². The Balaban J connectivity index is 1.69. The van der Waals surface area contributed by atoms with Gasteiger partial charge in [0.05, 0.1) is 32.0 Å². The Kier molecular flexibility index (Phi) is 59.8. The second-order valence-electron chi connectivity index (χ2n) is 26.4. The highest BCUT2D eigenvalue weighted by atomic mass is 16.7. The number of ether oxygens (including phenoxy) is 4. The summed E-state index contributed by atoms with van der Waals surface area (Å²) >= 11 is 0. The number of nitrogens with one attached hydrogen (secondary N) is 1. The molecule has 0 bridgehead atoms. The van der Waals surface area contributed by atoms with Crippen molar-refractivity contribution in [3.05, 3.63) is 146 Å². The highest BCUT2D eigenvalue weighted by molar-refractivity contribution is 5.76. The van der Waals surface area contributed by atoms with Crippen LogP contribution in [0.25, 0.3) is 0 Å². The molecule has 0 spiro atoms. The zero-order valence-corrected chi connectivity index (χ0v) is 60.5. The van der Waals surface area contributed by atoms with E-state index in [1.807, 2.05) is 6.08 Å². The third-order valence-electron chi connectivity index (χ3n) is 17.8. The maximum absolute atomic E-state index is 13.4. The first kappa shape index (κ1) is 89.0. The lowest BCUT2D eigenvalue weighted by atomic mass is 9.97. The van der Waals surface area contributed by atoms with Crippen molar-refractivity contribution in [1.29, 1.82) is 0 Å². The summed E-state index contributed by atoms with van der Waals surface area (Å²) in [6.45, 7) is 2.67. The average molecular weight is 1360 g/mol. The van der Waals surface area contributed by atoms with Crippen LogP contribution >= 0.6 is 0 Å². The molecule has 0 saturated carbocycles. The maximum Gasteiger partial charge on any atom is 0.220 e. The van der Waals surface area contributed by atoms with Gasteiger partial charge in [0.25, 0.3) is 0 Å². The largest absolute Gasteiger partial charge is 0.394 e. The lowest BCUT2D eigenvalue weighted by molar-refractivity contribution is -0.359. The first-order chi connectivity index (χ1) is 47.6. The molecule has 2 saturated heterocycles. The predicted molar refractivity (Wildman–Crippen MR) is 401 cm³/mol. The highest BCUT2D eigenvalue weighted by Gasteiger charge is 2.51. The van der Waals surface area contributed by atoms with Crippen molar-refractivity contribution in [3.8, 4) is 0 Å². The van der Waals surface area contributed by atoms with Crippen LogP contribution in [-0.4, -0.2) is 140 Å². The molecule has 554 valence electrons. The summed E-state index contributed by atoms with van der Waals surface area (Å²) in [6, 6.07) is -0.959. The number of carbonyl (C=O) groups is 1. The molecule has 97 heavy (non-hydrogen) atoms. The molecule has 14 heteroatoms. The summed E-state index contributed by atoms with van der Waals surface area (Å²) in [6.07, 6.45) is 82.0. The van der Waals surface area contributed by atoms with Gasteiger partial charge in [0.15, 0.2) is 12.6 Å². The zero-order valence-electron chi connectivity index (χ0n) is 60.5. The van der Waals surface area contributed by atoms with Crippen molar-refractivity contribution in [2.24, 2.45) is 0 Å². The van der Waals surface area contributed by atoms with Crippen LogP contribution in [0, 0.1) is 0 Å². The van der Waals surface area contributed by atoms with E-state index >= 15 is 0 Å². The number of rotatable bonds is 62. The van der Waals surface area contributed by atoms with E-state index in [1.165, 1.54) is 141 Å². The maximum atomic E-state index is 13.4. The van der Waals surface area contributed by atoms with Gasteiger partial charge in [-0.2, -0.15) is 0 Å². The molecule has 0 aliphatic carbocycles. The highest BCUT2D eigenvalue weighted by Crippen LogP contribution is 2.30. The monoisotopic (exact) mass is 1360 g/mol. The van der Waals surface area contributed by atoms with Crippen LogP contribution in [-0.2, 0) is 23.7 Å². The minimum Gasteiger partial charge on any atom is -0.394 e. The van der Waals surface area contributed by atoms with Gasteiger partial charge >= 0.3 is 0 Å². The Morgan fingerprint density at radius 3 is 1.13 bits per heavy atom. The minimum atomic E-state index is -1.80. The minimum absolute atomic E-state index is 0.234. The van der Waals surface area contributed by atoms with E-state index in [0.29, 0.717) is 12.8 Å². The molecule has 0 aromatic rings. The molecule has 14 nitrogen and oxygen atoms in total. The number of aliphatic hydroxyl groups excluding tert-OH is 8. The third kappa shape index (κ3) is 48.4. The van der Waals surface area contributed by atoms with Crippen LogP contribution < -0.4 is 5.32 Å². The Morgan fingerprint density at radius 2 is 0.722 bits per heavy atom. The van der Waals surface area contributed by atoms with Crippen molar-refractivity contribution in [2.45, 2.75) is 351 Å². The summed E-state index contributed by atoms with van der Waals surface area (Å²) in [7, 11) is 0. The van der Waals surface area contributed by atoms with Crippen LogP contribution in [0.4, 0.5) is 0 Å². The van der Waals surface area contributed by atoms with Crippen molar-refractivity contribution in [3.63, 3.8) is 0 Å². The van der Waals surface area contributed by atoms with Gasteiger partial charge in [0.1, 0.15) is 48.8 Å². The molecule has 2 heterocycles. The van der Waals surface area contributed by atoms with Crippen molar-refractivity contribution in [2.75, 3.05) is 19.8 Å². The molecular formula is C83H139NO13. The molecule has 0 radical (unpaired) electrons. The Labute approximate surface area is 589 Å². The van der Waals surface area contributed by atoms with Crippen LogP contribution in [0.2, 0.25) is 0 Å². The molecule has 2 fully saturated rings. The quantitative estimate of drug-likeness (QED) is 0.0204. The summed E-state index contributed by atoms with van der Waals surface area (Å²) in [5.74, 6) is -0.277. The fraction of sp³-hybridized carbons (Fsp3) is 0.699. The van der Waals surface area contributed by atoms with Gasteiger partial charge in [0, 0.05) is 6.42 Å². The molecule has 0 aromatic carbocycles. The van der Waals surface area contributed by atoms with E-state index in [1.54, 1.807) is 6.08 Å². The van der Waals surface area contributed by atoms with Crippen molar-refractivity contribution in [1.82, 2.24) is 5.32 Å². The van der Waals surface area contributed by atoms with Gasteiger partial charge in [-0.25, -0.2) is 0 Å². The molecule has 12 unspecified atom stereocenters. The van der Waals surface area contributed by atoms with Gasteiger partial charge < -0.3 is 65.1 Å². The van der Waals surface area contributed by atoms with Crippen LogP contribution in [0.3, 0.4) is 0 Å². The number of amides is 1. The smallest absolute Gasteiger partial charge is 0.220 e. The van der Waals surface area contributed by atoms with Crippen molar-refractivity contribution < 1.29 is 64.6 Å². The predicted octanol–water partition coefficient (Wildman–Crippen LogP) is 17.2. The fourth-order valence-corrected chi connectivity index (χ4v) is 11.7. The Hall–Kier alpha value is -4.13. The molecule has 0 aromatic heterocycles. The second kappa shape index (κ2) is 65.2. The van der Waals surface area contributed by atoms with Crippen molar-refractivity contribution >= 4 is 5.91 Å². The SMILES string of the molecule is CC/C=C\C/C=C\C/C=C\C/C=C\C/C=C\C/C=C\C/C=C\C/C=C\C/C=C\C/C=C\CCCCCCC(=O)NC(COC1OC(CO)C(OC2OC(CO)C(O)C(O)C2O)C(O)C1O)C(O)/C=C/CC/C=C/CCCCCCCCCCCCCCCCCCCCCCCC. The standard InChI is InChI=1S/C83H139NO13/c1-3-5-7-9-11-13-15-17-19-21-23-25-27-29-31-33-34-35-36-37-38-39-41-43-45-47-49-51-53-55-57-59-61-63-65-67-75(88)84-71(70-94-82-80(93)78(91)81(74(69-86)96-82)97-83-79(92)77(90)76(89)73(68-85)95-83)72(87)66-64-62-60-58-56-54-52-50-48-46-44-42-40-32-30-28-26-24-22-20-18-16-14-12-10-8-6-4-2/h5,7,11,13,17,19,23,25,29,31,34-35,37-38,41,43,47,49,53,55-56,58,64,66,71-74,76-83,85-87,89-93H,3-4,6,8-10,12,14-16,18,20-22,24,26-28,30,32-33,36,39-40,42,44-46,48,50-52,54,57,59-63,65,67-70H2,1-2H3,(H,84,88)/b7-5-,13-11-,19-17-,25-23-,31-29-,35-34-,38-37-,43-41-,49-47-,55-53-,58-56+,66-64+. The third-order valence-corrected chi connectivity index (χ3v) is 17.8. The molecule has 2 aliphatic rings. The Morgan fingerprint density at radius 1 is 0.381 bits per heavy atom. The zero-order chi connectivity index (χ0) is 70.1. The first-order valence-electron chi connectivity index (χ1n) is 38.6. The van der Waals surface area contributed by atoms with Crippen LogP contribution in [0.5, 0.6) is 0 Å². The lowest BCUT2D eigenvalue weighted by Gasteiger charge is -2.46. The first-order valence-corrected chi connectivity index (χ1v) is 38.6. The lowest BCUT2D eigenvalue weighted by Crippen LogP contribution is -2.65. The number of unbranched alkanes of at least 4 members (excludes halogenated alkanes) is 27. The number of hydrogen-bond acceptors (Lipinski definition) is 13. The van der Waals surface area contributed by atoms with Gasteiger partial charge in [-0.3, -0.25) is 4.79 Å². The van der Waals surface area contributed by atoms with E-state index in [0.717, 1.165) is 103 Å². The number of allylic oxidation sites excluding steroid dienone is 23. The number of aliphatic hydroxyl groups is 8. The summed E-state index contributed by atoms with van der Waals surface area (Å²) in [5.41, 5.74) is 0. The van der Waals surface area contributed by atoms with Gasteiger partial charge in [0.2, 0.25) is 5.91 Å². The molecular weight excluding hydrogens is 1220 g/mol. The van der Waals surface area contributed by atoms with E-state index in [9.17, 15) is 45.6 Å². The average Bonchev–Trinajstić information content (AvgIpc) is 0.793. The number of hydrogen-bond donors (Lipinski definition) is 9. The van der Waals surface area contributed by atoms with Gasteiger partial charge in [-0.1, -0.05) is 307 Å².